The molecule has 0 aliphatic heterocycles. The predicted octanol–water partition coefficient (Wildman–Crippen LogP) is 0.380. The second-order valence-electron chi connectivity index (χ2n) is 2.29. The van der Waals surface area contributed by atoms with Crippen LogP contribution >= 0.6 is 23.2 Å². The van der Waals surface area contributed by atoms with E-state index in [1.54, 1.807) is 0 Å². The van der Waals surface area contributed by atoms with Gasteiger partial charge in [0, 0.05) is 18.4 Å². The van der Waals surface area contributed by atoms with Gasteiger partial charge in [0.05, 0.1) is 0 Å². The first-order valence-electron chi connectivity index (χ1n) is 3.54. The van der Waals surface area contributed by atoms with E-state index in [0.717, 1.165) is 6.26 Å². The monoisotopic (exact) mass is 310 g/mol. The highest BCUT2D eigenvalue weighted by Crippen LogP contribution is 2.76. The largest absolute Gasteiger partial charge is 0.487 e. The SMILES string of the molecule is COP(=O)(O)N(P(=O)(O)OC)P(=O)(O)OC#N. The number of nitrogens with zero attached hydrogens (tertiary/aromatic N) is 2. The van der Waals surface area contributed by atoms with E-state index in [4.69, 9.17) is 19.9 Å². The molecule has 3 N–H and O–H groups in total. The molecule has 0 saturated carbocycles. The van der Waals surface area contributed by atoms with E-state index in [1.165, 1.54) is 0 Å². The third-order valence-corrected chi connectivity index (χ3v) is 8.01. The van der Waals surface area contributed by atoms with Crippen LogP contribution in [0.5, 0.6) is 0 Å². The average Bonchev–Trinajstić information content (AvgIpc) is 2.16. The Kier molecular flexibility index (Phi) is 5.50. The van der Waals surface area contributed by atoms with Crippen LogP contribution in [0.4, 0.5) is 0 Å². The standard InChI is InChI=1S/C3H9N2O9P3/c1-12-15(6,7)5(16(8,9)13-2)17(10,11)14-3-4/h1-2H3,(H,6,7)(H,8,9)(H,10,11). The second-order valence-corrected chi connectivity index (χ2v) is 8.29. The van der Waals surface area contributed by atoms with Crippen molar-refractivity contribution in [2.75, 3.05) is 14.2 Å². The van der Waals surface area contributed by atoms with Gasteiger partial charge in [-0.25, -0.2) is 13.7 Å². The summed E-state index contributed by atoms with van der Waals surface area (Å²) in [6.45, 7) is 0. The molecule has 0 aromatic rings. The molecule has 0 heterocycles. The fourth-order valence-corrected chi connectivity index (χ4v) is 5.66. The lowest BCUT2D eigenvalue weighted by molar-refractivity contribution is 0.233. The summed E-state index contributed by atoms with van der Waals surface area (Å²) >= 11 is 0. The molecule has 0 amide bonds. The summed E-state index contributed by atoms with van der Waals surface area (Å²) in [5, 5.41) is 8.07. The van der Waals surface area contributed by atoms with E-state index in [2.05, 4.69) is 13.6 Å². The maximum absolute atomic E-state index is 11.3. The molecule has 0 aromatic heterocycles. The normalized spacial score (nSPS) is 21.9. The van der Waals surface area contributed by atoms with Crippen molar-refractivity contribution in [1.82, 2.24) is 4.21 Å². The van der Waals surface area contributed by atoms with Gasteiger partial charge in [0.2, 0.25) is 0 Å². The van der Waals surface area contributed by atoms with E-state index >= 15 is 0 Å². The van der Waals surface area contributed by atoms with Gasteiger partial charge in [0.1, 0.15) is 0 Å². The van der Waals surface area contributed by atoms with Crippen molar-refractivity contribution in [1.29, 1.82) is 5.26 Å². The van der Waals surface area contributed by atoms with Crippen molar-refractivity contribution in [2.24, 2.45) is 0 Å². The molecule has 0 aromatic carbocycles. The lowest BCUT2D eigenvalue weighted by Gasteiger charge is -2.27. The Morgan fingerprint density at radius 2 is 1.35 bits per heavy atom. The summed E-state index contributed by atoms with van der Waals surface area (Å²) in [5.74, 6) is 0. The first kappa shape index (κ1) is 16.7. The molecule has 0 aliphatic rings. The molecule has 3 atom stereocenters. The van der Waals surface area contributed by atoms with Crippen LogP contribution in [0.3, 0.4) is 0 Å². The first-order chi connectivity index (χ1) is 7.55. The zero-order chi connectivity index (χ0) is 13.9. The van der Waals surface area contributed by atoms with Crippen molar-refractivity contribution in [3.63, 3.8) is 0 Å². The van der Waals surface area contributed by atoms with Crippen LogP contribution in [0.1, 0.15) is 0 Å². The Morgan fingerprint density at radius 1 is 1.00 bits per heavy atom. The van der Waals surface area contributed by atoms with Crippen molar-refractivity contribution in [2.45, 2.75) is 0 Å². The Morgan fingerprint density at radius 3 is 1.59 bits per heavy atom. The summed E-state index contributed by atoms with van der Waals surface area (Å²) in [4.78, 5) is 27.4. The minimum absolute atomic E-state index is 0.635. The Hall–Kier alpha value is -0.260. The highest BCUT2D eigenvalue weighted by molar-refractivity contribution is 7.80. The smallest absolute Gasteiger partial charge is 0.337 e. The van der Waals surface area contributed by atoms with Gasteiger partial charge in [-0.3, -0.25) is 9.05 Å². The number of nitriles is 1. The Bertz CT molecular complexity index is 431. The van der Waals surface area contributed by atoms with E-state index in [0.29, 0.717) is 14.2 Å². The first-order valence-corrected chi connectivity index (χ1v) is 8.13. The van der Waals surface area contributed by atoms with Gasteiger partial charge in [-0.2, -0.15) is 0 Å². The minimum atomic E-state index is -5.38. The molecule has 0 fully saturated rings. The van der Waals surface area contributed by atoms with Gasteiger partial charge in [-0.15, -0.1) is 5.26 Å². The maximum Gasteiger partial charge on any atom is 0.487 e. The summed E-state index contributed by atoms with van der Waals surface area (Å²) < 4.78 is 44.6. The molecule has 0 rings (SSSR count). The van der Waals surface area contributed by atoms with Crippen molar-refractivity contribution in [3.05, 3.63) is 0 Å². The Balaban J connectivity index is 5.78. The molecule has 0 bridgehead atoms. The summed E-state index contributed by atoms with van der Waals surface area (Å²) in [6, 6.07) is 0. The average molecular weight is 310 g/mol. The van der Waals surface area contributed by atoms with Crippen molar-refractivity contribution < 1.29 is 41.9 Å². The summed E-state index contributed by atoms with van der Waals surface area (Å²) in [5.41, 5.74) is 0. The maximum atomic E-state index is 11.3. The Labute approximate surface area is 95.9 Å². The zero-order valence-corrected chi connectivity index (χ0v) is 11.2. The fourth-order valence-electron chi connectivity index (χ4n) is 0.664. The van der Waals surface area contributed by atoms with Gasteiger partial charge in [-0.05, 0) is 0 Å². The summed E-state index contributed by atoms with van der Waals surface area (Å²) in [6.07, 6.45) is 0.750. The van der Waals surface area contributed by atoms with Crippen molar-refractivity contribution >= 4 is 23.2 Å². The van der Waals surface area contributed by atoms with Crippen LogP contribution in [0.25, 0.3) is 0 Å². The molecule has 17 heavy (non-hydrogen) atoms. The third kappa shape index (κ3) is 3.86. The topological polar surface area (TPSA) is 167 Å². The van der Waals surface area contributed by atoms with Gasteiger partial charge in [-0.1, -0.05) is 0 Å². The highest BCUT2D eigenvalue weighted by Gasteiger charge is 2.56. The van der Waals surface area contributed by atoms with Crippen LogP contribution in [-0.4, -0.2) is 33.1 Å². The molecular formula is C3H9N2O9P3. The number of hydrogen-bond acceptors (Lipinski definition) is 7. The molecule has 3 unspecified atom stereocenters. The zero-order valence-electron chi connectivity index (χ0n) is 8.53. The lowest BCUT2D eigenvalue weighted by atomic mass is 11.6. The van der Waals surface area contributed by atoms with Crippen LogP contribution in [0.15, 0.2) is 0 Å². The number of hydrogen-bond donors (Lipinski definition) is 3. The molecular weight excluding hydrogens is 301 g/mol. The van der Waals surface area contributed by atoms with Gasteiger partial charge >= 0.3 is 23.2 Å². The van der Waals surface area contributed by atoms with Crippen molar-refractivity contribution in [3.8, 4) is 6.26 Å². The molecule has 14 heteroatoms. The molecule has 100 valence electrons. The van der Waals surface area contributed by atoms with E-state index in [9.17, 15) is 13.7 Å². The molecule has 0 radical (unpaired) electrons. The quantitative estimate of drug-likeness (QED) is 0.458. The van der Waals surface area contributed by atoms with Crippen LogP contribution in [0.2, 0.25) is 0 Å². The van der Waals surface area contributed by atoms with Crippen LogP contribution < -0.4 is 0 Å². The highest BCUT2D eigenvalue weighted by atomic mass is 31.3. The van der Waals surface area contributed by atoms with E-state index < -0.39 is 27.5 Å². The van der Waals surface area contributed by atoms with Gasteiger partial charge in [0.25, 0.3) is 6.26 Å². The van der Waals surface area contributed by atoms with Crippen LogP contribution in [-0.2, 0) is 27.3 Å². The van der Waals surface area contributed by atoms with E-state index in [-0.39, 0.29) is 0 Å². The third-order valence-electron chi connectivity index (χ3n) is 1.31. The second kappa shape index (κ2) is 5.59. The predicted molar refractivity (Wildman–Crippen MR) is 52.0 cm³/mol. The molecule has 11 nitrogen and oxygen atoms in total. The number of rotatable bonds is 6. The molecule has 0 saturated heterocycles. The van der Waals surface area contributed by atoms with Gasteiger partial charge < -0.3 is 19.2 Å². The minimum Gasteiger partial charge on any atom is -0.337 e. The lowest BCUT2D eigenvalue weighted by Crippen LogP contribution is -2.16. The molecule has 0 spiro atoms. The molecule has 0 aliphatic carbocycles. The van der Waals surface area contributed by atoms with Gasteiger partial charge in [0.15, 0.2) is 0 Å². The summed E-state index contributed by atoms with van der Waals surface area (Å²) in [7, 11) is -14.4. The van der Waals surface area contributed by atoms with E-state index in [1.807, 2.05) is 0 Å². The fraction of sp³-hybridized carbons (Fsp3) is 0.667. The van der Waals surface area contributed by atoms with Crippen LogP contribution in [0, 0.1) is 11.5 Å².